The van der Waals surface area contributed by atoms with Crippen LogP contribution in [0.1, 0.15) is 41.2 Å². The molecule has 0 fully saturated rings. The van der Waals surface area contributed by atoms with Crippen LogP contribution < -0.4 is 10.6 Å². The molecular weight excluding hydrogens is 435 g/mol. The van der Waals surface area contributed by atoms with Crippen molar-refractivity contribution in [3.63, 3.8) is 0 Å². The molecule has 0 bridgehead atoms. The van der Waals surface area contributed by atoms with Gasteiger partial charge in [-0.1, -0.05) is 47.5 Å². The Morgan fingerprint density at radius 1 is 1.13 bits per heavy atom. The van der Waals surface area contributed by atoms with E-state index in [9.17, 15) is 9.59 Å². The first kappa shape index (κ1) is 19.8. The van der Waals surface area contributed by atoms with Crippen molar-refractivity contribution in [2.24, 2.45) is 0 Å². The summed E-state index contributed by atoms with van der Waals surface area (Å²) >= 11 is 12.6. The Kier molecular flexibility index (Phi) is 5.04. The number of nitrogens with one attached hydrogen (secondary N) is 2. The fraction of sp³-hybridized carbons (Fsp3) is 0.174. The molecule has 0 saturated heterocycles. The number of para-hydroxylation sites is 1. The first-order valence-electron chi connectivity index (χ1n) is 9.95. The van der Waals surface area contributed by atoms with Gasteiger partial charge in [0.05, 0.1) is 6.20 Å². The number of ketones is 1. The maximum atomic E-state index is 13.0. The molecule has 1 amide bonds. The van der Waals surface area contributed by atoms with Gasteiger partial charge in [-0.2, -0.15) is 5.10 Å². The van der Waals surface area contributed by atoms with Crippen molar-refractivity contribution in [1.82, 2.24) is 9.78 Å². The van der Waals surface area contributed by atoms with Crippen molar-refractivity contribution in [3.8, 4) is 0 Å². The van der Waals surface area contributed by atoms with Crippen LogP contribution >= 0.6 is 23.2 Å². The van der Waals surface area contributed by atoms with Gasteiger partial charge in [-0.05, 0) is 37.1 Å². The highest BCUT2D eigenvalue weighted by Gasteiger charge is 2.38. The number of anilines is 2. The summed E-state index contributed by atoms with van der Waals surface area (Å²) in [6.45, 7) is 0. The number of amides is 1. The number of Topliss-reactive ketones (excluding diaryl/α,β-unsaturated/α-hetero) is 1. The second kappa shape index (κ2) is 7.87. The van der Waals surface area contributed by atoms with Gasteiger partial charge < -0.3 is 10.6 Å². The molecule has 2 heterocycles. The quantitative estimate of drug-likeness (QED) is 0.552. The predicted octanol–water partition coefficient (Wildman–Crippen LogP) is 5.46. The molecule has 0 saturated carbocycles. The highest BCUT2D eigenvalue weighted by Crippen LogP contribution is 2.43. The van der Waals surface area contributed by atoms with Crippen LogP contribution in [-0.4, -0.2) is 21.5 Å². The number of carbonyl (C=O) groups excluding carboxylic acids is 2. The maximum Gasteiger partial charge on any atom is 0.261 e. The van der Waals surface area contributed by atoms with Crippen LogP contribution in [0.25, 0.3) is 0 Å². The number of carbonyl (C=O) groups is 2. The molecule has 5 rings (SSSR count). The molecule has 0 unspecified atom stereocenters. The van der Waals surface area contributed by atoms with Crippen LogP contribution in [0.4, 0.5) is 11.5 Å². The molecule has 6 nitrogen and oxygen atoms in total. The van der Waals surface area contributed by atoms with Gasteiger partial charge in [-0.25, -0.2) is 4.68 Å². The average molecular weight is 453 g/mol. The topological polar surface area (TPSA) is 76.0 Å². The standard InChI is InChI=1S/C23H18Cl2N4O2/c24-13-9-10-15(17(25)11-13)21-20-18(7-4-8-19(20)30)28-22-16(12-26-29(21)22)23(31)27-14-5-2-1-3-6-14/h1-3,5-6,9-12,21,28H,4,7-8H2,(H,27,31)/t21-/m0/s1. The lowest BCUT2D eigenvalue weighted by Crippen LogP contribution is -2.32. The number of hydrogen-bond donors (Lipinski definition) is 2. The highest BCUT2D eigenvalue weighted by molar-refractivity contribution is 6.35. The number of fused-ring (bicyclic) bond motifs is 1. The molecule has 0 radical (unpaired) electrons. The largest absolute Gasteiger partial charge is 0.343 e. The van der Waals surface area contributed by atoms with Gasteiger partial charge in [0.2, 0.25) is 0 Å². The Morgan fingerprint density at radius 2 is 1.94 bits per heavy atom. The highest BCUT2D eigenvalue weighted by atomic mass is 35.5. The summed E-state index contributed by atoms with van der Waals surface area (Å²) in [7, 11) is 0. The van der Waals surface area contributed by atoms with Gasteiger partial charge in [-0.15, -0.1) is 0 Å². The number of aromatic nitrogens is 2. The van der Waals surface area contributed by atoms with Crippen LogP contribution in [0.5, 0.6) is 0 Å². The van der Waals surface area contributed by atoms with Crippen LogP contribution in [0.2, 0.25) is 10.0 Å². The Bertz CT molecular complexity index is 1230. The molecule has 1 aliphatic heterocycles. The average Bonchev–Trinajstić information content (AvgIpc) is 3.17. The number of rotatable bonds is 3. The summed E-state index contributed by atoms with van der Waals surface area (Å²) in [5, 5.41) is 11.6. The summed E-state index contributed by atoms with van der Waals surface area (Å²) in [5.41, 5.74) is 3.25. The number of halogens is 2. The van der Waals surface area contributed by atoms with Gasteiger partial charge in [-0.3, -0.25) is 9.59 Å². The lowest BCUT2D eigenvalue weighted by molar-refractivity contribution is -0.116. The van der Waals surface area contributed by atoms with Crippen molar-refractivity contribution < 1.29 is 9.59 Å². The third kappa shape index (κ3) is 3.52. The van der Waals surface area contributed by atoms with Crippen LogP contribution in [-0.2, 0) is 4.79 Å². The third-order valence-electron chi connectivity index (χ3n) is 5.57. The first-order valence-corrected chi connectivity index (χ1v) is 10.7. The van der Waals surface area contributed by atoms with Gasteiger partial charge in [0, 0.05) is 39.0 Å². The zero-order valence-corrected chi connectivity index (χ0v) is 17.9. The smallest absolute Gasteiger partial charge is 0.261 e. The van der Waals surface area contributed by atoms with Crippen LogP contribution in [0.15, 0.2) is 66.0 Å². The Morgan fingerprint density at radius 3 is 2.71 bits per heavy atom. The monoisotopic (exact) mass is 452 g/mol. The number of nitrogens with zero attached hydrogens (tertiary/aromatic N) is 2. The molecule has 31 heavy (non-hydrogen) atoms. The fourth-order valence-electron chi connectivity index (χ4n) is 4.16. The van der Waals surface area contributed by atoms with Gasteiger partial charge in [0.1, 0.15) is 17.4 Å². The molecule has 8 heteroatoms. The third-order valence-corrected chi connectivity index (χ3v) is 6.13. The molecule has 2 aliphatic rings. The number of allylic oxidation sites excluding steroid dienone is 2. The molecule has 1 atom stereocenters. The minimum absolute atomic E-state index is 0.0567. The summed E-state index contributed by atoms with van der Waals surface area (Å²) in [4.78, 5) is 25.9. The normalized spacial score (nSPS) is 17.6. The summed E-state index contributed by atoms with van der Waals surface area (Å²) < 4.78 is 1.66. The molecule has 3 aromatic rings. The minimum Gasteiger partial charge on any atom is -0.343 e. The molecule has 1 aromatic heterocycles. The van der Waals surface area contributed by atoms with Crippen molar-refractivity contribution in [2.75, 3.05) is 10.6 Å². The van der Waals surface area contributed by atoms with Crippen LogP contribution in [0.3, 0.4) is 0 Å². The summed E-state index contributed by atoms with van der Waals surface area (Å²) in [5.74, 6) is 0.311. The minimum atomic E-state index is -0.526. The Hall–Kier alpha value is -3.09. The van der Waals surface area contributed by atoms with E-state index < -0.39 is 6.04 Å². The molecule has 1 aliphatic carbocycles. The van der Waals surface area contributed by atoms with E-state index in [2.05, 4.69) is 15.7 Å². The zero-order chi connectivity index (χ0) is 21.5. The predicted molar refractivity (Wildman–Crippen MR) is 121 cm³/mol. The van der Waals surface area contributed by atoms with E-state index in [0.717, 1.165) is 17.7 Å². The van der Waals surface area contributed by atoms with Crippen molar-refractivity contribution in [1.29, 1.82) is 0 Å². The lowest BCUT2D eigenvalue weighted by atomic mass is 9.85. The van der Waals surface area contributed by atoms with Crippen molar-refractivity contribution in [3.05, 3.63) is 87.2 Å². The molecule has 0 spiro atoms. The molecule has 2 aromatic carbocycles. The second-order valence-electron chi connectivity index (χ2n) is 7.53. The van der Waals surface area contributed by atoms with E-state index in [0.29, 0.717) is 45.5 Å². The summed E-state index contributed by atoms with van der Waals surface area (Å²) in [6, 6.07) is 13.9. The maximum absolute atomic E-state index is 13.0. The summed E-state index contributed by atoms with van der Waals surface area (Å²) in [6.07, 6.45) is 3.46. The number of benzene rings is 2. The molecule has 156 valence electrons. The van der Waals surface area contributed by atoms with Gasteiger partial charge in [0.15, 0.2) is 5.78 Å². The number of hydrogen-bond acceptors (Lipinski definition) is 4. The first-order chi connectivity index (χ1) is 15.0. The second-order valence-corrected chi connectivity index (χ2v) is 8.38. The SMILES string of the molecule is O=C1CCCC2=C1[C@H](c1ccc(Cl)cc1Cl)n1ncc(C(=O)Nc3ccccc3)c1N2. The van der Waals surface area contributed by atoms with E-state index in [1.807, 2.05) is 36.4 Å². The van der Waals surface area contributed by atoms with E-state index in [-0.39, 0.29) is 11.7 Å². The van der Waals surface area contributed by atoms with Crippen molar-refractivity contribution in [2.45, 2.75) is 25.3 Å². The van der Waals surface area contributed by atoms with E-state index in [1.54, 1.807) is 16.8 Å². The molecular formula is C23H18Cl2N4O2. The van der Waals surface area contributed by atoms with E-state index >= 15 is 0 Å². The lowest BCUT2D eigenvalue weighted by Gasteiger charge is -2.33. The van der Waals surface area contributed by atoms with Crippen LogP contribution in [0, 0.1) is 0 Å². The van der Waals surface area contributed by atoms with E-state index in [1.165, 1.54) is 6.20 Å². The Labute approximate surface area is 188 Å². The van der Waals surface area contributed by atoms with Gasteiger partial charge >= 0.3 is 0 Å². The zero-order valence-electron chi connectivity index (χ0n) is 16.4. The van der Waals surface area contributed by atoms with Gasteiger partial charge in [0.25, 0.3) is 5.91 Å². The van der Waals surface area contributed by atoms with Crippen molar-refractivity contribution >= 4 is 46.4 Å². The Balaban J connectivity index is 1.61. The fourth-order valence-corrected chi connectivity index (χ4v) is 4.67. The van der Waals surface area contributed by atoms with E-state index in [4.69, 9.17) is 23.2 Å². The molecule has 2 N–H and O–H groups in total.